The van der Waals surface area contributed by atoms with Crippen molar-refractivity contribution in [2.24, 2.45) is 0 Å². The quantitative estimate of drug-likeness (QED) is 0.196. The summed E-state index contributed by atoms with van der Waals surface area (Å²) in [6, 6.07) is 0. The van der Waals surface area contributed by atoms with Gasteiger partial charge in [0, 0.05) is 0 Å². The van der Waals surface area contributed by atoms with Crippen molar-refractivity contribution >= 4 is 16.3 Å². The van der Waals surface area contributed by atoms with Gasteiger partial charge < -0.3 is 0 Å². The van der Waals surface area contributed by atoms with Gasteiger partial charge in [-0.2, -0.15) is 0 Å². The van der Waals surface area contributed by atoms with Gasteiger partial charge in [0.25, 0.3) is 0 Å². The van der Waals surface area contributed by atoms with E-state index in [2.05, 4.69) is 47.5 Å². The molecular weight excluding hydrogens is 243 g/mol. The first-order valence-electron chi connectivity index (χ1n) is 8.42. The second-order valence-corrected chi connectivity index (χ2v) is 5.95. The molecule has 0 saturated heterocycles. The molecule has 0 N–H and O–H groups in total. The molecule has 0 amide bonds. The third-order valence-corrected chi connectivity index (χ3v) is 3.81. The molecule has 0 radical (unpaired) electrons. The van der Waals surface area contributed by atoms with Crippen molar-refractivity contribution in [3.05, 3.63) is 24.3 Å². The summed E-state index contributed by atoms with van der Waals surface area (Å²) >= 11 is 2.81. The third kappa shape index (κ3) is 18.0. The molecule has 19 heavy (non-hydrogen) atoms. The summed E-state index contributed by atoms with van der Waals surface area (Å²) in [7, 11) is 0. The molecule has 0 nitrogen and oxygen atoms in total. The van der Waals surface area contributed by atoms with E-state index in [1.807, 2.05) is 0 Å². The van der Waals surface area contributed by atoms with Gasteiger partial charge in [-0.25, -0.2) is 0 Å². The topological polar surface area (TPSA) is 0 Å². The molecule has 0 rings (SSSR count). The van der Waals surface area contributed by atoms with E-state index < -0.39 is 0 Å². The van der Waals surface area contributed by atoms with Crippen LogP contribution in [0.5, 0.6) is 0 Å². The third-order valence-electron chi connectivity index (χ3n) is 3.40. The predicted octanol–water partition coefficient (Wildman–Crippen LogP) is 6.39. The van der Waals surface area contributed by atoms with E-state index in [0.717, 1.165) is 6.42 Å². The molecule has 0 bridgehead atoms. The summed E-state index contributed by atoms with van der Waals surface area (Å²) < 4.78 is 0. The number of rotatable bonds is 14. The molecule has 0 aliphatic heterocycles. The van der Waals surface area contributed by atoms with E-state index >= 15 is 0 Å². The minimum absolute atomic E-state index is 1.13. The Morgan fingerprint density at radius 2 is 1.16 bits per heavy atom. The van der Waals surface area contributed by atoms with Crippen molar-refractivity contribution in [3.8, 4) is 0 Å². The molecule has 106 valence electrons. The molecule has 0 fully saturated rings. The van der Waals surface area contributed by atoms with E-state index in [1.54, 1.807) is 0 Å². The standard InChI is InChI=1S/C18H33.Al/c1-3-5-7-9-11-13-15-17-18-16-14-12-10-8-6-4-2;/h12,14,17-18H,1,3-11,13,15-16H2,2H3;/q;+2/b14-12-,18-17-;. The molecule has 0 spiro atoms. The van der Waals surface area contributed by atoms with Crippen LogP contribution in [-0.2, 0) is 0 Å². The van der Waals surface area contributed by atoms with Crippen LogP contribution in [0.3, 0.4) is 0 Å². The van der Waals surface area contributed by atoms with E-state index in [1.165, 1.54) is 75.9 Å². The van der Waals surface area contributed by atoms with Gasteiger partial charge in [-0.3, -0.25) is 0 Å². The molecule has 1 heteroatoms. The van der Waals surface area contributed by atoms with Crippen LogP contribution in [0.25, 0.3) is 0 Å². The van der Waals surface area contributed by atoms with Crippen LogP contribution >= 0.6 is 0 Å². The van der Waals surface area contributed by atoms with Crippen LogP contribution in [0.4, 0.5) is 0 Å². The number of hydrogen-bond donors (Lipinski definition) is 0. The first kappa shape index (κ1) is 19.0. The van der Waals surface area contributed by atoms with Gasteiger partial charge in [0.15, 0.2) is 0 Å². The Bertz CT molecular complexity index is 206. The fraction of sp³-hybridized carbons (Fsp3) is 0.778. The van der Waals surface area contributed by atoms with E-state index in [4.69, 9.17) is 0 Å². The van der Waals surface area contributed by atoms with Gasteiger partial charge in [-0.05, 0) is 12.8 Å². The van der Waals surface area contributed by atoms with Gasteiger partial charge in [-0.1, -0.05) is 25.8 Å². The minimum atomic E-state index is 1.13. The molecular formula is C18H33Al+2. The second kappa shape index (κ2) is 18.0. The molecule has 0 aromatic carbocycles. The Labute approximate surface area is 130 Å². The first-order chi connectivity index (χ1) is 9.41. The van der Waals surface area contributed by atoms with Crippen molar-refractivity contribution in [2.45, 2.75) is 89.3 Å². The zero-order valence-corrected chi connectivity index (χ0v) is 14.2. The van der Waals surface area contributed by atoms with Gasteiger partial charge in [0.2, 0.25) is 0 Å². The summed E-state index contributed by atoms with van der Waals surface area (Å²) in [5.74, 6) is 0. The van der Waals surface area contributed by atoms with Crippen LogP contribution < -0.4 is 0 Å². The average molecular weight is 276 g/mol. The Hall–Kier alpha value is 0.0125. The van der Waals surface area contributed by atoms with Crippen LogP contribution in [0, 0.1) is 0 Å². The van der Waals surface area contributed by atoms with Crippen LogP contribution in [0.1, 0.15) is 84.0 Å². The summed E-state index contributed by atoms with van der Waals surface area (Å²) in [5.41, 5.74) is 0. The van der Waals surface area contributed by atoms with Gasteiger partial charge in [0.1, 0.15) is 0 Å². The van der Waals surface area contributed by atoms with E-state index in [9.17, 15) is 0 Å². The maximum absolute atomic E-state index is 2.81. The number of unbranched alkanes of at least 4 members (excludes halogenated alkanes) is 9. The van der Waals surface area contributed by atoms with Crippen molar-refractivity contribution < 1.29 is 0 Å². The molecule has 0 unspecified atom stereocenters. The van der Waals surface area contributed by atoms with Gasteiger partial charge in [-0.15, -0.1) is 0 Å². The monoisotopic (exact) mass is 276 g/mol. The summed E-state index contributed by atoms with van der Waals surface area (Å²) in [6.45, 7) is 2.26. The average Bonchev–Trinajstić information content (AvgIpc) is 2.43. The summed E-state index contributed by atoms with van der Waals surface area (Å²) in [4.78, 5) is 0. The summed E-state index contributed by atoms with van der Waals surface area (Å²) in [6.07, 6.45) is 25.5. The first-order valence-corrected chi connectivity index (χ1v) is 9.23. The second-order valence-electron chi connectivity index (χ2n) is 5.37. The zero-order chi connectivity index (χ0) is 14.0. The fourth-order valence-corrected chi connectivity index (χ4v) is 2.42. The predicted molar refractivity (Wildman–Crippen MR) is 89.9 cm³/mol. The Morgan fingerprint density at radius 3 is 1.74 bits per heavy atom. The van der Waals surface area contributed by atoms with E-state index in [0.29, 0.717) is 0 Å². The summed E-state index contributed by atoms with van der Waals surface area (Å²) in [5, 5.41) is 1.27. The molecule has 0 aliphatic carbocycles. The van der Waals surface area contributed by atoms with Gasteiger partial charge >= 0.3 is 91.2 Å². The molecule has 0 saturated carbocycles. The normalized spacial score (nSPS) is 11.9. The van der Waals surface area contributed by atoms with E-state index in [-0.39, 0.29) is 0 Å². The SMILES string of the molecule is CCCCC/C=C\C/C=C\CCCCCCC[CH2][Al+2]. The molecule has 0 heterocycles. The van der Waals surface area contributed by atoms with Crippen LogP contribution in [0.2, 0.25) is 5.28 Å². The number of allylic oxidation sites excluding steroid dienone is 4. The number of hydrogen-bond acceptors (Lipinski definition) is 0. The molecule has 0 aromatic rings. The van der Waals surface area contributed by atoms with Gasteiger partial charge in [0.05, 0.1) is 0 Å². The Morgan fingerprint density at radius 1 is 0.632 bits per heavy atom. The van der Waals surface area contributed by atoms with Crippen molar-refractivity contribution in [1.82, 2.24) is 0 Å². The Balaban J connectivity index is 3.12. The molecule has 0 atom stereocenters. The van der Waals surface area contributed by atoms with Crippen LogP contribution in [0.15, 0.2) is 24.3 Å². The maximum atomic E-state index is 2.81. The fourth-order valence-electron chi connectivity index (χ4n) is 2.13. The molecule has 0 aliphatic rings. The van der Waals surface area contributed by atoms with Crippen LogP contribution in [-0.4, -0.2) is 16.3 Å². The molecule has 0 aromatic heterocycles. The van der Waals surface area contributed by atoms with Crippen molar-refractivity contribution in [2.75, 3.05) is 0 Å². The van der Waals surface area contributed by atoms with Crippen molar-refractivity contribution in [3.63, 3.8) is 0 Å². The van der Waals surface area contributed by atoms with Crippen molar-refractivity contribution in [1.29, 1.82) is 0 Å². The Kier molecular flexibility index (Phi) is 18.0. The zero-order valence-electron chi connectivity index (χ0n) is 13.1.